The van der Waals surface area contributed by atoms with E-state index in [2.05, 4.69) is 31.1 Å². The Morgan fingerprint density at radius 3 is 2.73 bits per heavy atom. The van der Waals surface area contributed by atoms with Crippen molar-refractivity contribution in [2.24, 2.45) is 0 Å². The predicted molar refractivity (Wildman–Crippen MR) is 126 cm³/mol. The van der Waals surface area contributed by atoms with Crippen LogP contribution in [0.1, 0.15) is 42.1 Å². The summed E-state index contributed by atoms with van der Waals surface area (Å²) in [5.74, 6) is 1.53. The fraction of sp³-hybridized carbons (Fsp3) is 0.500. The molecule has 0 aliphatic carbocycles. The average molecular weight is 451 g/mol. The highest BCUT2D eigenvalue weighted by atomic mass is 16.5. The van der Waals surface area contributed by atoms with Gasteiger partial charge >= 0.3 is 5.97 Å². The number of carbonyl (C=O) groups is 2. The van der Waals surface area contributed by atoms with Gasteiger partial charge in [-0.1, -0.05) is 0 Å². The quantitative estimate of drug-likeness (QED) is 0.694. The molecular formula is C24H30N6O3. The van der Waals surface area contributed by atoms with Crippen LogP contribution in [0.4, 0.5) is 17.3 Å². The lowest BCUT2D eigenvalue weighted by molar-refractivity contribution is -0.118. The van der Waals surface area contributed by atoms with Gasteiger partial charge in [0.25, 0.3) is 0 Å². The van der Waals surface area contributed by atoms with Gasteiger partial charge in [-0.15, -0.1) is 0 Å². The first-order valence-electron chi connectivity index (χ1n) is 11.8. The summed E-state index contributed by atoms with van der Waals surface area (Å²) < 4.78 is 5.02. The second-order valence-corrected chi connectivity index (χ2v) is 8.80. The SMILES string of the molecule is CCOC(=O)c1ccc(N2CCN(Cc3cnc4c(c3)NC(=O)[C@@H]3CCCCN43)CC2)nc1. The molecule has 3 aliphatic heterocycles. The van der Waals surface area contributed by atoms with Crippen LogP contribution in [-0.2, 0) is 16.1 Å². The molecule has 5 rings (SSSR count). The van der Waals surface area contributed by atoms with E-state index in [0.717, 1.165) is 81.4 Å². The van der Waals surface area contributed by atoms with E-state index in [4.69, 9.17) is 9.72 Å². The zero-order chi connectivity index (χ0) is 22.8. The lowest BCUT2D eigenvalue weighted by atomic mass is 9.99. The first kappa shape index (κ1) is 21.6. The molecule has 2 fully saturated rings. The number of esters is 1. The van der Waals surface area contributed by atoms with Crippen molar-refractivity contribution in [3.05, 3.63) is 41.7 Å². The highest BCUT2D eigenvalue weighted by Gasteiger charge is 2.35. The van der Waals surface area contributed by atoms with Crippen LogP contribution in [0.15, 0.2) is 30.6 Å². The Hall–Kier alpha value is -3.20. The Balaban J connectivity index is 1.18. The normalized spacial score (nSPS) is 20.6. The molecule has 0 saturated carbocycles. The van der Waals surface area contributed by atoms with Gasteiger partial charge < -0.3 is 19.9 Å². The molecule has 0 unspecified atom stereocenters. The van der Waals surface area contributed by atoms with E-state index < -0.39 is 0 Å². The molecule has 1 N–H and O–H groups in total. The topological polar surface area (TPSA) is 90.9 Å². The zero-order valence-electron chi connectivity index (χ0n) is 19.0. The fourth-order valence-corrected chi connectivity index (χ4v) is 4.88. The maximum atomic E-state index is 12.5. The number of amides is 1. The molecule has 3 aliphatic rings. The number of aromatic nitrogens is 2. The van der Waals surface area contributed by atoms with E-state index in [-0.39, 0.29) is 17.9 Å². The number of rotatable bonds is 5. The van der Waals surface area contributed by atoms with Gasteiger partial charge in [-0.05, 0) is 49.9 Å². The number of ether oxygens (including phenoxy) is 1. The van der Waals surface area contributed by atoms with Crippen LogP contribution < -0.4 is 15.1 Å². The van der Waals surface area contributed by atoms with Gasteiger partial charge in [-0.2, -0.15) is 0 Å². The third kappa shape index (κ3) is 4.50. The van der Waals surface area contributed by atoms with Crippen LogP contribution in [0.25, 0.3) is 0 Å². The van der Waals surface area contributed by atoms with Gasteiger partial charge in [-0.3, -0.25) is 9.69 Å². The second kappa shape index (κ2) is 9.35. The molecule has 0 bridgehead atoms. The third-order valence-electron chi connectivity index (χ3n) is 6.62. The molecule has 5 heterocycles. The minimum absolute atomic E-state index is 0.0716. The molecule has 2 aromatic heterocycles. The largest absolute Gasteiger partial charge is 0.462 e. The molecule has 9 heteroatoms. The highest BCUT2D eigenvalue weighted by Crippen LogP contribution is 2.34. The molecular weight excluding hydrogens is 420 g/mol. The van der Waals surface area contributed by atoms with E-state index in [9.17, 15) is 9.59 Å². The molecule has 174 valence electrons. The summed E-state index contributed by atoms with van der Waals surface area (Å²) in [6.07, 6.45) is 6.64. The van der Waals surface area contributed by atoms with Crippen LogP contribution in [0.5, 0.6) is 0 Å². The summed E-state index contributed by atoms with van der Waals surface area (Å²) in [5, 5.41) is 3.07. The Kier molecular flexibility index (Phi) is 6.13. The second-order valence-electron chi connectivity index (χ2n) is 8.80. The lowest BCUT2D eigenvalue weighted by Crippen LogP contribution is -2.51. The van der Waals surface area contributed by atoms with E-state index >= 15 is 0 Å². The number of piperidine rings is 1. The fourth-order valence-electron chi connectivity index (χ4n) is 4.88. The van der Waals surface area contributed by atoms with Gasteiger partial charge in [0.1, 0.15) is 11.9 Å². The highest BCUT2D eigenvalue weighted by molar-refractivity contribution is 6.02. The number of hydrogen-bond acceptors (Lipinski definition) is 8. The van der Waals surface area contributed by atoms with Gasteiger partial charge in [0.2, 0.25) is 5.91 Å². The molecule has 0 aromatic carbocycles. The summed E-state index contributed by atoms with van der Waals surface area (Å²) in [7, 11) is 0. The van der Waals surface area contributed by atoms with Crippen molar-refractivity contribution in [1.82, 2.24) is 14.9 Å². The molecule has 0 radical (unpaired) electrons. The van der Waals surface area contributed by atoms with E-state index in [1.807, 2.05) is 12.3 Å². The molecule has 2 saturated heterocycles. The third-order valence-corrected chi connectivity index (χ3v) is 6.62. The Morgan fingerprint density at radius 2 is 1.97 bits per heavy atom. The van der Waals surface area contributed by atoms with Crippen LogP contribution in [-0.4, -0.2) is 72.1 Å². The van der Waals surface area contributed by atoms with Crippen LogP contribution in [0.3, 0.4) is 0 Å². The lowest BCUT2D eigenvalue weighted by Gasteiger charge is -2.40. The van der Waals surface area contributed by atoms with Crippen LogP contribution in [0.2, 0.25) is 0 Å². The number of carbonyl (C=O) groups excluding carboxylic acids is 2. The Labute approximate surface area is 193 Å². The maximum absolute atomic E-state index is 12.5. The van der Waals surface area contributed by atoms with Crippen molar-refractivity contribution in [3.63, 3.8) is 0 Å². The monoisotopic (exact) mass is 450 g/mol. The average Bonchev–Trinajstić information content (AvgIpc) is 2.85. The first-order chi connectivity index (χ1) is 16.1. The predicted octanol–water partition coefficient (Wildman–Crippen LogP) is 2.29. The van der Waals surface area contributed by atoms with E-state index in [1.165, 1.54) is 0 Å². The van der Waals surface area contributed by atoms with Crippen LogP contribution >= 0.6 is 0 Å². The minimum Gasteiger partial charge on any atom is -0.462 e. The maximum Gasteiger partial charge on any atom is 0.339 e. The molecule has 33 heavy (non-hydrogen) atoms. The van der Waals surface area contributed by atoms with Crippen molar-refractivity contribution >= 4 is 29.2 Å². The van der Waals surface area contributed by atoms with Crippen molar-refractivity contribution < 1.29 is 14.3 Å². The smallest absolute Gasteiger partial charge is 0.339 e. The summed E-state index contributed by atoms with van der Waals surface area (Å²) in [6, 6.07) is 5.66. The molecule has 1 atom stereocenters. The summed E-state index contributed by atoms with van der Waals surface area (Å²) in [4.78, 5) is 40.3. The number of hydrogen-bond donors (Lipinski definition) is 1. The van der Waals surface area contributed by atoms with Crippen molar-refractivity contribution in [3.8, 4) is 0 Å². The van der Waals surface area contributed by atoms with E-state index in [1.54, 1.807) is 19.2 Å². The summed E-state index contributed by atoms with van der Waals surface area (Å²) in [6.45, 7) is 7.36. The van der Waals surface area contributed by atoms with Gasteiger partial charge in [-0.25, -0.2) is 14.8 Å². The Bertz CT molecular complexity index is 1020. The minimum atomic E-state index is -0.341. The molecule has 2 aromatic rings. The number of piperazine rings is 1. The zero-order valence-corrected chi connectivity index (χ0v) is 19.0. The van der Waals surface area contributed by atoms with Crippen molar-refractivity contribution in [2.45, 2.75) is 38.8 Å². The first-order valence-corrected chi connectivity index (χ1v) is 11.8. The number of pyridine rings is 2. The van der Waals surface area contributed by atoms with Crippen molar-refractivity contribution in [1.29, 1.82) is 0 Å². The standard InChI is InChI=1S/C24H30N6O3/c1-2-33-24(32)18-6-7-21(25-15-18)29-11-9-28(10-12-29)16-17-13-19-22(26-14-17)30-8-4-3-5-20(30)23(31)27-19/h6-7,13-15,20H,2-5,8-12,16H2,1H3,(H,27,31)/t20-/m0/s1. The van der Waals surface area contributed by atoms with Crippen molar-refractivity contribution in [2.75, 3.05) is 54.4 Å². The summed E-state index contributed by atoms with van der Waals surface area (Å²) >= 11 is 0. The molecule has 1 amide bonds. The molecule has 0 spiro atoms. The molecule has 9 nitrogen and oxygen atoms in total. The number of nitrogens with one attached hydrogen (secondary N) is 1. The van der Waals surface area contributed by atoms with Gasteiger partial charge in [0.05, 0.1) is 17.9 Å². The summed E-state index contributed by atoms with van der Waals surface area (Å²) in [5.41, 5.74) is 2.41. The number of fused-ring (bicyclic) bond motifs is 3. The number of anilines is 3. The van der Waals surface area contributed by atoms with E-state index in [0.29, 0.717) is 12.2 Å². The van der Waals surface area contributed by atoms with Gasteiger partial charge in [0, 0.05) is 51.7 Å². The number of nitrogens with zero attached hydrogens (tertiary/aromatic N) is 5. The van der Waals surface area contributed by atoms with Crippen LogP contribution in [0, 0.1) is 0 Å². The Morgan fingerprint density at radius 1 is 1.12 bits per heavy atom. The van der Waals surface area contributed by atoms with Gasteiger partial charge in [0.15, 0.2) is 5.82 Å².